The lowest BCUT2D eigenvalue weighted by Crippen LogP contribution is -2.50. The maximum absolute atomic E-state index is 13.8. The Morgan fingerprint density at radius 2 is 1.60 bits per heavy atom. The summed E-state index contributed by atoms with van der Waals surface area (Å²) in [4.78, 5) is 28.8. The van der Waals surface area contributed by atoms with Crippen LogP contribution in [0.2, 0.25) is 0 Å². The molecule has 0 unspecified atom stereocenters. The summed E-state index contributed by atoms with van der Waals surface area (Å²) in [6.45, 7) is 4.68. The van der Waals surface area contributed by atoms with Crippen LogP contribution in [0.1, 0.15) is 36.5 Å². The Morgan fingerprint density at radius 3 is 2.20 bits per heavy atom. The molecule has 2 amide bonds. The molecule has 0 radical (unpaired) electrons. The molecular weight excluding hydrogens is 526 g/mol. The standard InChI is InChI=1S/C31H39N3O5S/c1-5-32-31(36)29(22-25-13-7-6-8-14-25)33(23-26-15-10-9-12-24(26)2)30(35)16-11-21-34(40(4,37)38)27-17-19-28(39-3)20-18-27/h6-10,12-15,17-20,29H,5,11,16,21-23H2,1-4H3,(H,32,36)/t29-/m1/s1. The van der Waals surface area contributed by atoms with Crippen LogP contribution >= 0.6 is 0 Å². The van der Waals surface area contributed by atoms with Crippen molar-refractivity contribution >= 4 is 27.5 Å². The molecule has 214 valence electrons. The second kappa shape index (κ2) is 14.5. The molecule has 0 fully saturated rings. The zero-order valence-electron chi connectivity index (χ0n) is 23.7. The Labute approximate surface area is 238 Å². The molecule has 3 rings (SSSR count). The van der Waals surface area contributed by atoms with Crippen LogP contribution in [0.4, 0.5) is 5.69 Å². The number of nitrogens with zero attached hydrogens (tertiary/aromatic N) is 2. The highest BCUT2D eigenvalue weighted by Crippen LogP contribution is 2.23. The van der Waals surface area contributed by atoms with E-state index in [-0.39, 0.29) is 37.7 Å². The predicted octanol–water partition coefficient (Wildman–Crippen LogP) is 4.33. The summed E-state index contributed by atoms with van der Waals surface area (Å²) >= 11 is 0. The van der Waals surface area contributed by atoms with E-state index in [0.717, 1.165) is 22.9 Å². The SMILES string of the molecule is CCNC(=O)[C@@H](Cc1ccccc1)N(Cc1ccccc1C)C(=O)CCCN(c1ccc(OC)cc1)S(C)(=O)=O. The van der Waals surface area contributed by atoms with Crippen LogP contribution in [0.3, 0.4) is 0 Å². The lowest BCUT2D eigenvalue weighted by Gasteiger charge is -2.32. The van der Waals surface area contributed by atoms with Gasteiger partial charge in [-0.3, -0.25) is 13.9 Å². The number of hydrogen-bond donors (Lipinski definition) is 1. The van der Waals surface area contributed by atoms with Crippen molar-refractivity contribution in [3.63, 3.8) is 0 Å². The third kappa shape index (κ3) is 8.58. The Hall–Kier alpha value is -3.85. The maximum Gasteiger partial charge on any atom is 0.243 e. The van der Waals surface area contributed by atoms with Gasteiger partial charge >= 0.3 is 0 Å². The molecule has 0 saturated carbocycles. The Morgan fingerprint density at radius 1 is 0.950 bits per heavy atom. The summed E-state index contributed by atoms with van der Waals surface area (Å²) in [5, 5.41) is 2.90. The minimum Gasteiger partial charge on any atom is -0.497 e. The van der Waals surface area contributed by atoms with E-state index in [1.807, 2.05) is 68.4 Å². The molecule has 0 aromatic heterocycles. The van der Waals surface area contributed by atoms with Crippen LogP contribution in [-0.2, 0) is 32.6 Å². The molecule has 0 bridgehead atoms. The molecule has 40 heavy (non-hydrogen) atoms. The lowest BCUT2D eigenvalue weighted by molar-refractivity contribution is -0.141. The van der Waals surface area contributed by atoms with Gasteiger partial charge in [0.2, 0.25) is 21.8 Å². The third-order valence-electron chi connectivity index (χ3n) is 6.74. The number of nitrogens with one attached hydrogen (secondary N) is 1. The van der Waals surface area contributed by atoms with Crippen LogP contribution < -0.4 is 14.4 Å². The van der Waals surface area contributed by atoms with E-state index in [0.29, 0.717) is 24.4 Å². The van der Waals surface area contributed by atoms with E-state index in [4.69, 9.17) is 4.74 Å². The molecule has 3 aromatic rings. The molecule has 1 N–H and O–H groups in total. The summed E-state index contributed by atoms with van der Waals surface area (Å²) in [7, 11) is -2.04. The van der Waals surface area contributed by atoms with Crippen molar-refractivity contribution in [2.75, 3.05) is 30.8 Å². The van der Waals surface area contributed by atoms with E-state index in [9.17, 15) is 18.0 Å². The molecule has 0 aliphatic carbocycles. The van der Waals surface area contributed by atoms with Crippen LogP contribution in [-0.4, -0.2) is 57.6 Å². The molecule has 9 heteroatoms. The first-order chi connectivity index (χ1) is 19.1. The molecule has 0 spiro atoms. The van der Waals surface area contributed by atoms with Crippen LogP contribution in [0.25, 0.3) is 0 Å². The molecule has 0 saturated heterocycles. The summed E-state index contributed by atoms with van der Waals surface area (Å²) in [6, 6.07) is 23.5. The normalized spacial score (nSPS) is 11.9. The number of amides is 2. The highest BCUT2D eigenvalue weighted by Gasteiger charge is 2.30. The first-order valence-corrected chi connectivity index (χ1v) is 15.3. The topological polar surface area (TPSA) is 96.0 Å². The number of anilines is 1. The van der Waals surface area contributed by atoms with Gasteiger partial charge in [-0.2, -0.15) is 0 Å². The summed E-state index contributed by atoms with van der Waals surface area (Å²) in [5.74, 6) is 0.192. The fraction of sp³-hybridized carbons (Fsp3) is 0.355. The second-order valence-electron chi connectivity index (χ2n) is 9.68. The van der Waals surface area contributed by atoms with E-state index in [2.05, 4.69) is 5.32 Å². The fourth-order valence-electron chi connectivity index (χ4n) is 4.57. The number of carbonyl (C=O) groups excluding carboxylic acids is 2. The highest BCUT2D eigenvalue weighted by atomic mass is 32.2. The monoisotopic (exact) mass is 565 g/mol. The first kappa shape index (κ1) is 30.7. The number of likely N-dealkylation sites (N-methyl/N-ethyl adjacent to an activating group) is 1. The van der Waals surface area contributed by atoms with Gasteiger partial charge in [-0.1, -0.05) is 54.6 Å². The molecule has 0 aliphatic heterocycles. The van der Waals surface area contributed by atoms with Crippen molar-refractivity contribution in [2.45, 2.75) is 45.7 Å². The molecular formula is C31H39N3O5S. The van der Waals surface area contributed by atoms with Crippen LogP contribution in [0.5, 0.6) is 5.75 Å². The summed E-state index contributed by atoms with van der Waals surface area (Å²) < 4.78 is 31.7. The third-order valence-corrected chi connectivity index (χ3v) is 7.93. The minimum atomic E-state index is -3.58. The van der Waals surface area contributed by atoms with Gasteiger partial charge in [0.1, 0.15) is 11.8 Å². The number of carbonyl (C=O) groups is 2. The van der Waals surface area contributed by atoms with E-state index in [1.54, 1.807) is 36.3 Å². The van der Waals surface area contributed by atoms with Crippen molar-refractivity contribution in [2.24, 2.45) is 0 Å². The van der Waals surface area contributed by atoms with Crippen molar-refractivity contribution in [3.8, 4) is 5.75 Å². The fourth-order valence-corrected chi connectivity index (χ4v) is 5.53. The largest absolute Gasteiger partial charge is 0.497 e. The van der Waals surface area contributed by atoms with E-state index >= 15 is 0 Å². The molecule has 0 aliphatic rings. The molecule has 1 atom stereocenters. The predicted molar refractivity (Wildman–Crippen MR) is 159 cm³/mol. The minimum absolute atomic E-state index is 0.0821. The lowest BCUT2D eigenvalue weighted by atomic mass is 10.0. The highest BCUT2D eigenvalue weighted by molar-refractivity contribution is 7.92. The van der Waals surface area contributed by atoms with Gasteiger partial charge in [-0.05, 0) is 61.2 Å². The van der Waals surface area contributed by atoms with Crippen molar-refractivity contribution < 1.29 is 22.7 Å². The number of hydrogen-bond acceptors (Lipinski definition) is 5. The van der Waals surface area contributed by atoms with Gasteiger partial charge in [-0.15, -0.1) is 0 Å². The van der Waals surface area contributed by atoms with Crippen LogP contribution in [0.15, 0.2) is 78.9 Å². The number of sulfonamides is 1. The van der Waals surface area contributed by atoms with Gasteiger partial charge in [0.25, 0.3) is 0 Å². The number of benzene rings is 3. The molecule has 8 nitrogen and oxygen atoms in total. The first-order valence-electron chi connectivity index (χ1n) is 13.4. The number of rotatable bonds is 14. The van der Waals surface area contributed by atoms with Gasteiger partial charge in [-0.25, -0.2) is 8.42 Å². The van der Waals surface area contributed by atoms with E-state index < -0.39 is 16.1 Å². The van der Waals surface area contributed by atoms with Gasteiger partial charge in [0.05, 0.1) is 19.1 Å². The van der Waals surface area contributed by atoms with Gasteiger partial charge in [0, 0.05) is 32.5 Å². The summed E-state index contributed by atoms with van der Waals surface area (Å²) in [5.41, 5.74) is 3.42. The average molecular weight is 566 g/mol. The zero-order chi connectivity index (χ0) is 29.1. The Balaban J connectivity index is 1.86. The van der Waals surface area contributed by atoms with Crippen LogP contribution in [0, 0.1) is 6.92 Å². The second-order valence-corrected chi connectivity index (χ2v) is 11.6. The maximum atomic E-state index is 13.8. The van der Waals surface area contributed by atoms with Crippen molar-refractivity contribution in [1.82, 2.24) is 10.2 Å². The quantitative estimate of drug-likeness (QED) is 0.314. The zero-order valence-corrected chi connectivity index (χ0v) is 24.5. The molecule has 3 aromatic carbocycles. The van der Waals surface area contributed by atoms with Gasteiger partial charge < -0.3 is 15.0 Å². The Kier molecular flexibility index (Phi) is 11.1. The number of methoxy groups -OCH3 is 1. The van der Waals surface area contributed by atoms with Crippen molar-refractivity contribution in [3.05, 3.63) is 95.6 Å². The van der Waals surface area contributed by atoms with E-state index in [1.165, 1.54) is 4.31 Å². The summed E-state index contributed by atoms with van der Waals surface area (Å²) in [6.07, 6.45) is 1.88. The molecule has 0 heterocycles. The Bertz CT molecular complexity index is 1360. The number of aryl methyl sites for hydroxylation is 1. The van der Waals surface area contributed by atoms with Gasteiger partial charge in [0.15, 0.2) is 0 Å². The van der Waals surface area contributed by atoms with Crippen molar-refractivity contribution in [1.29, 1.82) is 0 Å². The number of ether oxygens (including phenoxy) is 1. The average Bonchev–Trinajstić information content (AvgIpc) is 2.94. The smallest absolute Gasteiger partial charge is 0.243 e.